The molecule has 2 aromatic rings. The molecule has 0 fully saturated rings. The lowest BCUT2D eigenvalue weighted by molar-refractivity contribution is 0.0532. The van der Waals surface area contributed by atoms with Gasteiger partial charge in [0.1, 0.15) is 0 Å². The van der Waals surface area contributed by atoms with Gasteiger partial charge in [0, 0.05) is 5.56 Å². The average molecular weight is 360 g/mol. The largest absolute Gasteiger partial charge is 0.492 e. The normalized spacial score (nSPS) is 10.5. The molecule has 6 nitrogen and oxygen atoms in total. The van der Waals surface area contributed by atoms with E-state index in [1.54, 1.807) is 0 Å². The fraction of sp³-hybridized carbons (Fsp3) is 0.143. The quantitative estimate of drug-likeness (QED) is 0.819. The smallest absolute Gasteiger partial charge is 0.295 e. The summed E-state index contributed by atoms with van der Waals surface area (Å²) in [4.78, 5) is 20.5. The molecule has 0 radical (unpaired) electrons. The fourth-order valence-corrected chi connectivity index (χ4v) is 2.30. The summed E-state index contributed by atoms with van der Waals surface area (Å²) in [6, 6.07) is 4.19. The maximum absolute atomic E-state index is 14.5. The van der Waals surface area contributed by atoms with Crippen molar-refractivity contribution in [3.8, 4) is 17.0 Å². The van der Waals surface area contributed by atoms with E-state index in [2.05, 4.69) is 15.3 Å². The Morgan fingerprint density at radius 2 is 2.04 bits per heavy atom. The molecule has 0 spiro atoms. The number of amides is 1. The zero-order valence-corrected chi connectivity index (χ0v) is 13.6. The first-order valence-corrected chi connectivity index (χ1v) is 6.98. The summed E-state index contributed by atoms with van der Waals surface area (Å²) in [7, 11) is 2.54. The number of rotatable bonds is 4. The zero-order valence-electron chi connectivity index (χ0n) is 12.1. The molecule has 0 atom stereocenters. The Morgan fingerprint density at radius 3 is 2.65 bits per heavy atom. The van der Waals surface area contributed by atoms with E-state index < -0.39 is 11.7 Å². The van der Waals surface area contributed by atoms with Gasteiger partial charge in [0.05, 0.1) is 35.6 Å². The lowest BCUT2D eigenvalue weighted by Gasteiger charge is -2.12. The number of carbonyl (C=O) groups is 1. The van der Waals surface area contributed by atoms with E-state index in [0.29, 0.717) is 0 Å². The van der Waals surface area contributed by atoms with Gasteiger partial charge in [-0.25, -0.2) is 14.9 Å². The Balaban J connectivity index is 2.64. The Morgan fingerprint density at radius 1 is 1.35 bits per heavy atom. The summed E-state index contributed by atoms with van der Waals surface area (Å²) < 4.78 is 19.4. The van der Waals surface area contributed by atoms with Crippen LogP contribution in [0.1, 0.15) is 10.5 Å². The van der Waals surface area contributed by atoms with Crippen molar-refractivity contribution < 1.29 is 18.8 Å². The second-order valence-electron chi connectivity index (χ2n) is 4.34. The molecule has 0 unspecified atom stereocenters. The van der Waals surface area contributed by atoms with Gasteiger partial charge in [0.2, 0.25) is 0 Å². The molecule has 2 rings (SSSR count). The number of hydrogen-bond donors (Lipinski definition) is 2. The van der Waals surface area contributed by atoms with Crippen LogP contribution < -0.4 is 16.0 Å². The predicted octanol–water partition coefficient (Wildman–Crippen LogP) is 3.08. The topological polar surface area (TPSA) is 86.5 Å². The summed E-state index contributed by atoms with van der Waals surface area (Å²) >= 11 is 11.8. The van der Waals surface area contributed by atoms with Gasteiger partial charge in [0.15, 0.2) is 17.3 Å². The third-order valence-electron chi connectivity index (χ3n) is 2.92. The first kappa shape index (κ1) is 17.3. The third kappa shape index (κ3) is 3.31. The summed E-state index contributed by atoms with van der Waals surface area (Å²) in [6.45, 7) is 0. The summed E-state index contributed by atoms with van der Waals surface area (Å²) in [5, 5.41) is 0.0395. The molecule has 1 aromatic carbocycles. The Kier molecular flexibility index (Phi) is 5.25. The summed E-state index contributed by atoms with van der Waals surface area (Å²) in [6.07, 6.45) is 0. The number of ether oxygens (including phenoxy) is 1. The highest BCUT2D eigenvalue weighted by Crippen LogP contribution is 2.36. The Hall–Kier alpha value is -2.09. The van der Waals surface area contributed by atoms with Gasteiger partial charge >= 0.3 is 0 Å². The van der Waals surface area contributed by atoms with Gasteiger partial charge in [-0.2, -0.15) is 0 Å². The maximum atomic E-state index is 14.5. The highest BCUT2D eigenvalue weighted by molar-refractivity contribution is 6.36. The predicted molar refractivity (Wildman–Crippen MR) is 85.1 cm³/mol. The average Bonchev–Trinajstić information content (AvgIpc) is 2.51. The molecule has 1 heterocycles. The molecular formula is C14H12Cl2FN3O3. The van der Waals surface area contributed by atoms with Crippen molar-refractivity contribution in [3.63, 3.8) is 0 Å². The molecule has 0 saturated carbocycles. The van der Waals surface area contributed by atoms with E-state index in [1.165, 1.54) is 32.4 Å². The second-order valence-corrected chi connectivity index (χ2v) is 5.12. The van der Waals surface area contributed by atoms with Crippen LogP contribution in [0.5, 0.6) is 5.75 Å². The van der Waals surface area contributed by atoms with Crippen molar-refractivity contribution in [3.05, 3.63) is 39.8 Å². The van der Waals surface area contributed by atoms with Crippen LogP contribution >= 0.6 is 23.2 Å². The van der Waals surface area contributed by atoms with Crippen molar-refractivity contribution in [2.45, 2.75) is 0 Å². The molecule has 122 valence electrons. The van der Waals surface area contributed by atoms with E-state index in [1.807, 2.05) is 0 Å². The SMILES string of the molecule is CONC(=O)c1nc(-c2ccc(Cl)c(OC)c2F)cc(N)c1Cl. The Labute approximate surface area is 141 Å². The number of carbonyl (C=O) groups excluding carboxylic acids is 1. The van der Waals surface area contributed by atoms with E-state index >= 15 is 0 Å². The maximum Gasteiger partial charge on any atom is 0.295 e. The highest BCUT2D eigenvalue weighted by Gasteiger charge is 2.20. The minimum Gasteiger partial charge on any atom is -0.492 e. The van der Waals surface area contributed by atoms with Crippen molar-refractivity contribution in [2.24, 2.45) is 0 Å². The number of nitrogen functional groups attached to an aromatic ring is 1. The monoisotopic (exact) mass is 359 g/mol. The molecule has 0 bridgehead atoms. The van der Waals surface area contributed by atoms with Gasteiger partial charge in [0.25, 0.3) is 5.91 Å². The summed E-state index contributed by atoms with van der Waals surface area (Å²) in [5.41, 5.74) is 7.86. The molecule has 9 heteroatoms. The number of nitrogens with zero attached hydrogens (tertiary/aromatic N) is 1. The van der Waals surface area contributed by atoms with Gasteiger partial charge < -0.3 is 10.5 Å². The van der Waals surface area contributed by atoms with Crippen molar-refractivity contribution >= 4 is 34.8 Å². The van der Waals surface area contributed by atoms with Gasteiger partial charge in [-0.15, -0.1) is 0 Å². The third-order valence-corrected chi connectivity index (χ3v) is 3.62. The number of halogens is 3. The highest BCUT2D eigenvalue weighted by atomic mass is 35.5. The van der Waals surface area contributed by atoms with Crippen LogP contribution in [-0.2, 0) is 4.84 Å². The lowest BCUT2D eigenvalue weighted by atomic mass is 10.1. The van der Waals surface area contributed by atoms with Crippen LogP contribution in [0.4, 0.5) is 10.1 Å². The van der Waals surface area contributed by atoms with Crippen molar-refractivity contribution in [2.75, 3.05) is 20.0 Å². The standard InChI is InChI=1S/C14H12Cl2FN3O3/c1-22-13-7(15)4-3-6(11(13)17)9-5-8(18)10(16)12(19-9)14(21)20-23-2/h3-5H,1-2H3,(H2,18,19)(H,20,21). The molecule has 0 aliphatic heterocycles. The fourth-order valence-electron chi connectivity index (χ4n) is 1.90. The molecular weight excluding hydrogens is 348 g/mol. The minimum absolute atomic E-state index is 0.0566. The van der Waals surface area contributed by atoms with Crippen LogP contribution in [0.2, 0.25) is 10.0 Å². The number of anilines is 1. The summed E-state index contributed by atoms with van der Waals surface area (Å²) in [5.74, 6) is -1.58. The number of hydroxylamine groups is 1. The molecule has 1 aromatic heterocycles. The lowest BCUT2D eigenvalue weighted by Crippen LogP contribution is -2.23. The number of pyridine rings is 1. The molecule has 23 heavy (non-hydrogen) atoms. The van der Waals surface area contributed by atoms with Crippen molar-refractivity contribution in [1.82, 2.24) is 10.5 Å². The van der Waals surface area contributed by atoms with E-state index in [4.69, 9.17) is 33.7 Å². The van der Waals surface area contributed by atoms with E-state index in [-0.39, 0.29) is 38.4 Å². The minimum atomic E-state index is -0.729. The zero-order chi connectivity index (χ0) is 17.1. The van der Waals surface area contributed by atoms with E-state index in [0.717, 1.165) is 0 Å². The van der Waals surface area contributed by atoms with Crippen LogP contribution in [0.15, 0.2) is 18.2 Å². The first-order valence-electron chi connectivity index (χ1n) is 6.22. The van der Waals surface area contributed by atoms with Crippen LogP contribution in [-0.4, -0.2) is 25.1 Å². The molecule has 3 N–H and O–H groups in total. The first-order chi connectivity index (χ1) is 10.9. The molecule has 0 aliphatic carbocycles. The van der Waals surface area contributed by atoms with E-state index in [9.17, 15) is 9.18 Å². The Bertz CT molecular complexity index is 771. The number of nitrogens with two attached hydrogens (primary N) is 1. The van der Waals surface area contributed by atoms with Crippen LogP contribution in [0.25, 0.3) is 11.3 Å². The van der Waals surface area contributed by atoms with Crippen LogP contribution in [0, 0.1) is 5.82 Å². The number of methoxy groups -OCH3 is 1. The molecule has 1 amide bonds. The second kappa shape index (κ2) is 6.99. The van der Waals surface area contributed by atoms with Crippen molar-refractivity contribution in [1.29, 1.82) is 0 Å². The van der Waals surface area contributed by atoms with Gasteiger partial charge in [-0.3, -0.25) is 9.63 Å². The van der Waals surface area contributed by atoms with Crippen LogP contribution in [0.3, 0.4) is 0 Å². The van der Waals surface area contributed by atoms with Gasteiger partial charge in [-0.05, 0) is 18.2 Å². The number of nitrogens with one attached hydrogen (secondary N) is 1. The molecule has 0 aliphatic rings. The van der Waals surface area contributed by atoms with Gasteiger partial charge in [-0.1, -0.05) is 23.2 Å². The molecule has 0 saturated heterocycles. The number of aromatic nitrogens is 1. The number of hydrogen-bond acceptors (Lipinski definition) is 5. The number of benzene rings is 1.